The zero-order chi connectivity index (χ0) is 17.4. The van der Waals surface area contributed by atoms with Crippen molar-refractivity contribution in [3.8, 4) is 22.5 Å². The van der Waals surface area contributed by atoms with Crippen molar-refractivity contribution < 1.29 is 0 Å². The predicted octanol–water partition coefficient (Wildman–Crippen LogP) is 5.25. The van der Waals surface area contributed by atoms with E-state index in [1.54, 1.807) is 11.3 Å². The first-order chi connectivity index (χ1) is 12.0. The summed E-state index contributed by atoms with van der Waals surface area (Å²) in [5.41, 5.74) is 2.17. The van der Waals surface area contributed by atoms with E-state index in [4.69, 9.17) is 0 Å². The summed E-state index contributed by atoms with van der Waals surface area (Å²) in [6.07, 6.45) is 5.84. The smallest absolute Gasteiger partial charge is 0.150 e. The van der Waals surface area contributed by atoms with E-state index in [1.807, 2.05) is 24.7 Å². The summed E-state index contributed by atoms with van der Waals surface area (Å²) in [4.78, 5) is 9.95. The Bertz CT molecular complexity index is 1090. The number of imidazole rings is 1. The third-order valence-corrected chi connectivity index (χ3v) is 5.10. The van der Waals surface area contributed by atoms with E-state index in [0.717, 1.165) is 32.0 Å². The monoisotopic (exact) mass is 345 g/mol. The molecule has 25 heavy (non-hydrogen) atoms. The van der Waals surface area contributed by atoms with Crippen molar-refractivity contribution in [2.45, 2.75) is 26.3 Å². The topological polar surface area (TPSA) is 33.6 Å². The van der Waals surface area contributed by atoms with Crippen LogP contribution in [-0.4, -0.2) is 14.5 Å². The van der Waals surface area contributed by atoms with Crippen molar-refractivity contribution in [2.24, 2.45) is 0 Å². The van der Waals surface area contributed by atoms with Gasteiger partial charge in [-0.3, -0.25) is 0 Å². The van der Waals surface area contributed by atoms with E-state index in [2.05, 4.69) is 77.5 Å². The highest BCUT2D eigenvalue weighted by Gasteiger charge is 2.18. The van der Waals surface area contributed by atoms with Crippen molar-refractivity contribution in [3.63, 3.8) is 0 Å². The van der Waals surface area contributed by atoms with E-state index >= 15 is 0 Å². The average molecular weight is 345 g/mol. The molecule has 3 aromatic heterocycles. The number of benzene rings is 1. The number of hydrogen-bond acceptors (Lipinski definition) is 2. The third-order valence-electron chi connectivity index (χ3n) is 4.11. The molecule has 0 aliphatic carbocycles. The quantitative estimate of drug-likeness (QED) is 0.470. The molecule has 124 valence electrons. The van der Waals surface area contributed by atoms with E-state index < -0.39 is 0 Å². The number of hydrogen-bond donors (Lipinski definition) is 1. The van der Waals surface area contributed by atoms with Crippen LogP contribution in [-0.2, 0) is 5.54 Å². The van der Waals surface area contributed by atoms with Crippen LogP contribution in [0.25, 0.3) is 21.6 Å². The van der Waals surface area contributed by atoms with Crippen LogP contribution < -0.4 is 0 Å². The molecule has 0 spiro atoms. The van der Waals surface area contributed by atoms with Crippen LogP contribution in [0.2, 0.25) is 0 Å². The fraction of sp³-hybridized carbons (Fsp3) is 0.190. The van der Waals surface area contributed by atoms with Crippen LogP contribution >= 0.6 is 11.3 Å². The lowest BCUT2D eigenvalue weighted by molar-refractivity contribution is 0.401. The normalized spacial score (nSPS) is 11.5. The predicted molar refractivity (Wildman–Crippen MR) is 105 cm³/mol. The first-order valence-corrected chi connectivity index (χ1v) is 9.06. The minimum atomic E-state index is 0.00555. The summed E-state index contributed by atoms with van der Waals surface area (Å²) in [5.74, 6) is 7.61. The molecule has 4 rings (SSSR count). The first kappa shape index (κ1) is 15.7. The zero-order valence-electron chi connectivity index (χ0n) is 14.5. The molecular formula is C21H19N3S. The molecule has 4 heteroatoms. The minimum Gasteiger partial charge on any atom is -0.361 e. The van der Waals surface area contributed by atoms with Crippen LogP contribution in [0.3, 0.4) is 0 Å². The molecule has 3 nitrogen and oxygen atoms in total. The largest absolute Gasteiger partial charge is 0.361 e. The first-order valence-electron chi connectivity index (χ1n) is 8.24. The summed E-state index contributed by atoms with van der Waals surface area (Å²) in [6.45, 7) is 6.55. The van der Waals surface area contributed by atoms with Gasteiger partial charge >= 0.3 is 0 Å². The second-order valence-corrected chi connectivity index (χ2v) is 8.03. The second kappa shape index (κ2) is 5.94. The van der Waals surface area contributed by atoms with Gasteiger partial charge in [0.05, 0.1) is 9.75 Å². The van der Waals surface area contributed by atoms with Crippen molar-refractivity contribution in [3.05, 3.63) is 65.4 Å². The lowest BCUT2D eigenvalue weighted by atomic mass is 10.1. The molecule has 0 amide bonds. The summed E-state index contributed by atoms with van der Waals surface area (Å²) in [5, 5.41) is 1.16. The van der Waals surface area contributed by atoms with Crippen molar-refractivity contribution >= 4 is 22.2 Å². The molecule has 1 aromatic carbocycles. The maximum atomic E-state index is 4.54. The van der Waals surface area contributed by atoms with E-state index in [0.29, 0.717) is 0 Å². The van der Waals surface area contributed by atoms with Gasteiger partial charge in [0.15, 0.2) is 5.82 Å². The van der Waals surface area contributed by atoms with Crippen LogP contribution in [0.15, 0.2) is 55.0 Å². The Morgan fingerprint density at radius 1 is 1.08 bits per heavy atom. The fourth-order valence-electron chi connectivity index (χ4n) is 2.88. The number of rotatable bonds is 1. The molecule has 0 saturated heterocycles. The molecular weight excluding hydrogens is 326 g/mol. The number of thiophene rings is 1. The Morgan fingerprint density at radius 3 is 2.80 bits per heavy atom. The van der Waals surface area contributed by atoms with Crippen LogP contribution in [0.1, 0.15) is 31.2 Å². The fourth-order valence-corrected chi connectivity index (χ4v) is 3.73. The van der Waals surface area contributed by atoms with E-state index in [9.17, 15) is 0 Å². The van der Waals surface area contributed by atoms with Crippen LogP contribution in [0.4, 0.5) is 0 Å². The lowest BCUT2D eigenvalue weighted by Gasteiger charge is -2.22. The highest BCUT2D eigenvalue weighted by molar-refractivity contribution is 7.15. The molecule has 0 fully saturated rings. The highest BCUT2D eigenvalue weighted by Crippen LogP contribution is 2.30. The minimum absolute atomic E-state index is 0.00555. The highest BCUT2D eigenvalue weighted by atomic mass is 32.1. The van der Waals surface area contributed by atoms with E-state index in [1.165, 1.54) is 0 Å². The number of fused-ring (bicyclic) bond motifs is 1. The molecule has 3 heterocycles. The standard InChI is InChI=1S/C21H19N3S/c1-21(2,3)24-14-13-23-20(24)19-10-9-16(25-19)8-7-15-5-4-6-18-17(15)11-12-22-18/h4-6,9-14,22H,1-3H3. The number of nitrogens with zero attached hydrogens (tertiary/aromatic N) is 2. The van der Waals surface area contributed by atoms with Gasteiger partial charge in [0.1, 0.15) is 0 Å². The number of aromatic amines is 1. The zero-order valence-corrected chi connectivity index (χ0v) is 15.3. The van der Waals surface area contributed by atoms with Gasteiger partial charge in [0.25, 0.3) is 0 Å². The molecule has 0 aliphatic heterocycles. The molecule has 0 radical (unpaired) electrons. The lowest BCUT2D eigenvalue weighted by Crippen LogP contribution is -2.21. The summed E-state index contributed by atoms with van der Waals surface area (Å²) < 4.78 is 2.20. The number of aromatic nitrogens is 3. The Balaban J connectivity index is 1.68. The molecule has 1 N–H and O–H groups in total. The summed E-state index contributed by atoms with van der Waals surface area (Å²) in [6, 6.07) is 12.4. The average Bonchev–Trinajstić information content (AvgIpc) is 3.30. The summed E-state index contributed by atoms with van der Waals surface area (Å²) in [7, 11) is 0. The van der Waals surface area contributed by atoms with Gasteiger partial charge in [-0.05, 0) is 51.1 Å². The van der Waals surface area contributed by atoms with Crippen molar-refractivity contribution in [1.29, 1.82) is 0 Å². The van der Waals surface area contributed by atoms with Gasteiger partial charge in [0, 0.05) is 40.6 Å². The number of H-pyrrole nitrogens is 1. The van der Waals surface area contributed by atoms with Crippen molar-refractivity contribution in [1.82, 2.24) is 14.5 Å². The van der Waals surface area contributed by atoms with Gasteiger partial charge in [0.2, 0.25) is 0 Å². The van der Waals surface area contributed by atoms with Gasteiger partial charge in [-0.25, -0.2) is 4.98 Å². The Hall–Kier alpha value is -2.77. The molecule has 0 bridgehead atoms. The Morgan fingerprint density at radius 2 is 1.96 bits per heavy atom. The van der Waals surface area contributed by atoms with Gasteiger partial charge < -0.3 is 9.55 Å². The second-order valence-electron chi connectivity index (χ2n) is 6.95. The Kier molecular flexibility index (Phi) is 3.74. The summed E-state index contributed by atoms with van der Waals surface area (Å²) >= 11 is 1.68. The number of nitrogens with one attached hydrogen (secondary N) is 1. The SMILES string of the molecule is CC(C)(C)n1ccnc1-c1ccc(C#Cc2cccc3[nH]ccc23)s1. The molecule has 0 atom stereocenters. The Labute approximate surface area is 151 Å². The maximum absolute atomic E-state index is 4.54. The van der Waals surface area contributed by atoms with Crippen LogP contribution in [0, 0.1) is 11.8 Å². The van der Waals surface area contributed by atoms with Crippen LogP contribution in [0.5, 0.6) is 0 Å². The van der Waals surface area contributed by atoms with Crippen molar-refractivity contribution in [2.75, 3.05) is 0 Å². The molecule has 0 unspecified atom stereocenters. The molecule has 0 aliphatic rings. The molecule has 4 aromatic rings. The van der Waals surface area contributed by atoms with Gasteiger partial charge in [-0.1, -0.05) is 17.9 Å². The third kappa shape index (κ3) is 2.99. The van der Waals surface area contributed by atoms with Gasteiger partial charge in [-0.2, -0.15) is 0 Å². The van der Waals surface area contributed by atoms with E-state index in [-0.39, 0.29) is 5.54 Å². The maximum Gasteiger partial charge on any atom is 0.150 e. The molecule has 0 saturated carbocycles. The van der Waals surface area contributed by atoms with Gasteiger partial charge in [-0.15, -0.1) is 11.3 Å².